The van der Waals surface area contributed by atoms with Crippen molar-refractivity contribution in [3.63, 3.8) is 0 Å². The third kappa shape index (κ3) is 3.44. The highest BCUT2D eigenvalue weighted by molar-refractivity contribution is 5.88. The lowest BCUT2D eigenvalue weighted by molar-refractivity contribution is 0.0588. The highest BCUT2D eigenvalue weighted by atomic mass is 16.5. The molecule has 2 heterocycles. The van der Waals surface area contributed by atoms with Crippen molar-refractivity contribution < 1.29 is 23.5 Å². The molecule has 0 radical (unpaired) electrons. The normalized spacial score (nSPS) is 10.8. The number of carbonyl (C=O) groups is 1. The van der Waals surface area contributed by atoms with Crippen LogP contribution in [0, 0.1) is 0 Å². The highest BCUT2D eigenvalue weighted by Crippen LogP contribution is 2.12. The molecule has 0 bridgehead atoms. The van der Waals surface area contributed by atoms with Crippen molar-refractivity contribution in [3.05, 3.63) is 28.9 Å². The van der Waals surface area contributed by atoms with Gasteiger partial charge in [0.25, 0.3) is 0 Å². The molecule has 0 N–H and O–H groups in total. The Hall–Kier alpha value is -2.26. The van der Waals surface area contributed by atoms with Gasteiger partial charge in [-0.1, -0.05) is 10.4 Å². The molecule has 114 valence electrons. The Labute approximate surface area is 120 Å². The van der Waals surface area contributed by atoms with E-state index in [1.54, 1.807) is 13.2 Å². The van der Waals surface area contributed by atoms with Gasteiger partial charge in [-0.3, -0.25) is 0 Å². The van der Waals surface area contributed by atoms with Crippen molar-refractivity contribution in [3.8, 4) is 0 Å². The maximum absolute atomic E-state index is 11.6. The largest absolute Gasteiger partial charge is 0.464 e. The van der Waals surface area contributed by atoms with Crippen molar-refractivity contribution in [2.24, 2.45) is 0 Å². The van der Waals surface area contributed by atoms with Crippen LogP contribution in [0.2, 0.25) is 0 Å². The molecule has 0 aromatic carbocycles. The van der Waals surface area contributed by atoms with Crippen LogP contribution in [-0.2, 0) is 34.0 Å². The smallest absolute Gasteiger partial charge is 0.360 e. The molecule has 0 saturated carbocycles. The Balaban J connectivity index is 2.22. The summed E-state index contributed by atoms with van der Waals surface area (Å²) in [5.74, 6) is 0.0441. The van der Waals surface area contributed by atoms with Crippen molar-refractivity contribution in [2.45, 2.75) is 19.8 Å². The lowest BCUT2D eigenvalue weighted by Crippen LogP contribution is -2.11. The predicted octanol–water partition coefficient (Wildman–Crippen LogP) is 0.394. The van der Waals surface area contributed by atoms with E-state index >= 15 is 0 Å². The second-order valence-corrected chi connectivity index (χ2v) is 4.18. The van der Waals surface area contributed by atoms with Crippen molar-refractivity contribution in [1.29, 1.82) is 0 Å². The zero-order valence-electron chi connectivity index (χ0n) is 12.0. The number of carbonyl (C=O) groups excluding carboxylic acids is 1. The molecule has 2 rings (SSSR count). The molecule has 0 aliphatic rings. The molecule has 9 nitrogen and oxygen atoms in total. The topological polar surface area (TPSA) is 102 Å². The standard InChI is InChI=1S/C12H16N4O5/c1-18-6-9-4-8(14-21-9)5-16-10(7-19-2)11(13-15-16)12(17)20-3/h4H,5-7H2,1-3H3. The first-order valence-electron chi connectivity index (χ1n) is 6.12. The molecule has 21 heavy (non-hydrogen) atoms. The van der Waals surface area contributed by atoms with Crippen molar-refractivity contribution in [2.75, 3.05) is 21.3 Å². The summed E-state index contributed by atoms with van der Waals surface area (Å²) in [5, 5.41) is 11.7. The zero-order chi connectivity index (χ0) is 15.2. The molecule has 0 fully saturated rings. The van der Waals surface area contributed by atoms with E-state index < -0.39 is 5.97 Å². The minimum atomic E-state index is -0.562. The first-order valence-corrected chi connectivity index (χ1v) is 6.12. The lowest BCUT2D eigenvalue weighted by atomic mass is 10.3. The summed E-state index contributed by atoms with van der Waals surface area (Å²) in [6.45, 7) is 0.818. The maximum atomic E-state index is 11.6. The second kappa shape index (κ2) is 6.95. The Kier molecular flexibility index (Phi) is 5.01. The third-order valence-corrected chi connectivity index (χ3v) is 2.70. The van der Waals surface area contributed by atoms with Gasteiger partial charge in [0.05, 0.1) is 26.0 Å². The number of esters is 1. The van der Waals surface area contributed by atoms with E-state index in [1.807, 2.05) is 0 Å². The Bertz CT molecular complexity index is 607. The molecule has 0 amide bonds. The predicted molar refractivity (Wildman–Crippen MR) is 68.4 cm³/mol. The molecule has 0 spiro atoms. The van der Waals surface area contributed by atoms with Gasteiger partial charge in [0.2, 0.25) is 0 Å². The van der Waals surface area contributed by atoms with Gasteiger partial charge in [-0.15, -0.1) is 5.10 Å². The number of aromatic nitrogens is 4. The van der Waals surface area contributed by atoms with E-state index in [0.717, 1.165) is 0 Å². The first-order chi connectivity index (χ1) is 10.2. The van der Waals surface area contributed by atoms with Crippen LogP contribution < -0.4 is 0 Å². The first kappa shape index (κ1) is 15.1. The van der Waals surface area contributed by atoms with E-state index in [4.69, 9.17) is 14.0 Å². The minimum absolute atomic E-state index is 0.125. The fourth-order valence-corrected chi connectivity index (χ4v) is 1.79. The number of methoxy groups -OCH3 is 3. The van der Waals surface area contributed by atoms with Gasteiger partial charge in [0, 0.05) is 20.3 Å². The molecular weight excluding hydrogens is 280 g/mol. The Morgan fingerprint density at radius 3 is 2.71 bits per heavy atom. The van der Waals surface area contributed by atoms with Crippen LogP contribution in [0.15, 0.2) is 10.6 Å². The van der Waals surface area contributed by atoms with Crippen LogP contribution in [0.5, 0.6) is 0 Å². The highest BCUT2D eigenvalue weighted by Gasteiger charge is 2.21. The van der Waals surface area contributed by atoms with E-state index in [9.17, 15) is 4.79 Å². The third-order valence-electron chi connectivity index (χ3n) is 2.70. The summed E-state index contributed by atoms with van der Waals surface area (Å²) < 4.78 is 21.3. The summed E-state index contributed by atoms with van der Waals surface area (Å²) in [6, 6.07) is 1.75. The Morgan fingerprint density at radius 1 is 1.29 bits per heavy atom. The van der Waals surface area contributed by atoms with E-state index in [0.29, 0.717) is 30.3 Å². The summed E-state index contributed by atoms with van der Waals surface area (Å²) in [4.78, 5) is 11.6. The van der Waals surface area contributed by atoms with Crippen LogP contribution in [0.1, 0.15) is 27.6 Å². The molecule has 0 saturated heterocycles. The maximum Gasteiger partial charge on any atom is 0.360 e. The summed E-state index contributed by atoms with van der Waals surface area (Å²) in [5.41, 5.74) is 1.28. The number of hydrogen-bond donors (Lipinski definition) is 0. The lowest BCUT2D eigenvalue weighted by Gasteiger charge is -2.04. The molecule has 0 aliphatic heterocycles. The van der Waals surface area contributed by atoms with E-state index in [2.05, 4.69) is 20.2 Å². The van der Waals surface area contributed by atoms with Crippen LogP contribution in [0.25, 0.3) is 0 Å². The molecule has 9 heteroatoms. The molecule has 0 atom stereocenters. The summed E-state index contributed by atoms with van der Waals surface area (Å²) in [7, 11) is 4.37. The minimum Gasteiger partial charge on any atom is -0.464 e. The SMILES string of the molecule is COCc1cc(Cn2nnc(C(=O)OC)c2COC)no1. The van der Waals surface area contributed by atoms with Crippen LogP contribution in [0.3, 0.4) is 0 Å². The number of hydrogen-bond acceptors (Lipinski definition) is 8. The van der Waals surface area contributed by atoms with Gasteiger partial charge in [0.1, 0.15) is 12.3 Å². The average Bonchev–Trinajstić information content (AvgIpc) is 3.08. The van der Waals surface area contributed by atoms with E-state index in [-0.39, 0.29) is 12.3 Å². The van der Waals surface area contributed by atoms with Gasteiger partial charge in [-0.05, 0) is 0 Å². The molecule has 2 aromatic rings. The van der Waals surface area contributed by atoms with Crippen LogP contribution >= 0.6 is 0 Å². The molecule has 2 aromatic heterocycles. The molecule has 0 aliphatic carbocycles. The fraction of sp³-hybridized carbons (Fsp3) is 0.500. The number of ether oxygens (including phenoxy) is 3. The Morgan fingerprint density at radius 2 is 2.05 bits per heavy atom. The van der Waals surface area contributed by atoms with Gasteiger partial charge < -0.3 is 18.7 Å². The fourth-order valence-electron chi connectivity index (χ4n) is 1.79. The van der Waals surface area contributed by atoms with Crippen LogP contribution in [-0.4, -0.2) is 47.4 Å². The zero-order valence-corrected chi connectivity index (χ0v) is 12.0. The average molecular weight is 296 g/mol. The van der Waals surface area contributed by atoms with Crippen molar-refractivity contribution in [1.82, 2.24) is 20.2 Å². The summed E-state index contributed by atoms with van der Waals surface area (Å²) >= 11 is 0. The van der Waals surface area contributed by atoms with Gasteiger partial charge in [-0.2, -0.15) is 0 Å². The van der Waals surface area contributed by atoms with E-state index in [1.165, 1.54) is 18.9 Å². The molecule has 0 unspecified atom stereocenters. The monoisotopic (exact) mass is 296 g/mol. The quantitative estimate of drug-likeness (QED) is 0.676. The summed E-state index contributed by atoms with van der Waals surface area (Å²) in [6.07, 6.45) is 0. The second-order valence-electron chi connectivity index (χ2n) is 4.18. The van der Waals surface area contributed by atoms with Gasteiger partial charge in [-0.25, -0.2) is 9.48 Å². The number of rotatable bonds is 7. The number of nitrogens with zero attached hydrogens (tertiary/aromatic N) is 4. The van der Waals surface area contributed by atoms with Gasteiger partial charge >= 0.3 is 5.97 Å². The molecular formula is C12H16N4O5. The van der Waals surface area contributed by atoms with Crippen molar-refractivity contribution >= 4 is 5.97 Å². The van der Waals surface area contributed by atoms with Gasteiger partial charge in [0.15, 0.2) is 11.5 Å². The van der Waals surface area contributed by atoms with Crippen LogP contribution in [0.4, 0.5) is 0 Å².